The van der Waals surface area contributed by atoms with Crippen molar-refractivity contribution < 1.29 is 32.5 Å². The van der Waals surface area contributed by atoms with Crippen LogP contribution in [0.3, 0.4) is 0 Å². The van der Waals surface area contributed by atoms with Crippen molar-refractivity contribution in [2.24, 2.45) is 0 Å². The Hall–Kier alpha value is -2.26. The highest BCUT2D eigenvalue weighted by molar-refractivity contribution is 9.10. The molecule has 0 saturated heterocycles. The predicted molar refractivity (Wildman–Crippen MR) is 84.9 cm³/mol. The first-order valence-electron chi connectivity index (χ1n) is 6.65. The Bertz CT molecular complexity index is 906. The van der Waals surface area contributed by atoms with Gasteiger partial charge in [0.25, 0.3) is 0 Å². The SMILES string of the molecule is Cc1cc2c(cc1S(=O)(=O)c1ccc(Br)cc1)OC(OC(=O)O)O2. The lowest BCUT2D eigenvalue weighted by Crippen LogP contribution is -2.24. The van der Waals surface area contributed by atoms with E-state index in [0.29, 0.717) is 5.56 Å². The molecule has 24 heavy (non-hydrogen) atoms. The van der Waals surface area contributed by atoms with E-state index in [2.05, 4.69) is 20.7 Å². The van der Waals surface area contributed by atoms with E-state index in [-0.39, 0.29) is 21.3 Å². The summed E-state index contributed by atoms with van der Waals surface area (Å²) in [6, 6.07) is 9.00. The molecule has 7 nitrogen and oxygen atoms in total. The van der Waals surface area contributed by atoms with E-state index in [9.17, 15) is 13.2 Å². The molecule has 0 aliphatic carbocycles. The van der Waals surface area contributed by atoms with E-state index in [1.54, 1.807) is 19.1 Å². The summed E-state index contributed by atoms with van der Waals surface area (Å²) in [6.07, 6.45) is -1.56. The van der Waals surface area contributed by atoms with Crippen molar-refractivity contribution in [3.63, 3.8) is 0 Å². The number of rotatable bonds is 3. The van der Waals surface area contributed by atoms with Gasteiger partial charge in [-0.05, 0) is 42.8 Å². The Morgan fingerprint density at radius 2 is 1.75 bits per heavy atom. The van der Waals surface area contributed by atoms with Gasteiger partial charge in [0.2, 0.25) is 9.84 Å². The van der Waals surface area contributed by atoms with Crippen LogP contribution in [-0.4, -0.2) is 26.2 Å². The lowest BCUT2D eigenvalue weighted by molar-refractivity contribution is -0.147. The highest BCUT2D eigenvalue weighted by Crippen LogP contribution is 2.40. The van der Waals surface area contributed by atoms with Crippen LogP contribution in [0.4, 0.5) is 4.79 Å². The van der Waals surface area contributed by atoms with Gasteiger partial charge in [-0.1, -0.05) is 15.9 Å². The van der Waals surface area contributed by atoms with Crippen LogP contribution in [-0.2, 0) is 14.6 Å². The number of carboxylic acid groups (broad SMARTS) is 1. The van der Waals surface area contributed by atoms with Crippen LogP contribution in [0.1, 0.15) is 5.56 Å². The van der Waals surface area contributed by atoms with Crippen LogP contribution < -0.4 is 9.47 Å². The van der Waals surface area contributed by atoms with Gasteiger partial charge in [0, 0.05) is 10.5 Å². The molecular weight excluding hydrogens is 404 g/mol. The van der Waals surface area contributed by atoms with Crippen LogP contribution in [0.2, 0.25) is 0 Å². The molecule has 1 heterocycles. The number of sulfone groups is 1. The fourth-order valence-electron chi connectivity index (χ4n) is 2.22. The summed E-state index contributed by atoms with van der Waals surface area (Å²) in [6.45, 7) is 0.156. The van der Waals surface area contributed by atoms with E-state index in [4.69, 9.17) is 14.6 Å². The van der Waals surface area contributed by atoms with E-state index < -0.39 is 22.5 Å². The molecule has 0 aromatic heterocycles. The molecule has 0 spiro atoms. The van der Waals surface area contributed by atoms with E-state index >= 15 is 0 Å². The molecule has 0 fully saturated rings. The zero-order chi connectivity index (χ0) is 17.5. The summed E-state index contributed by atoms with van der Waals surface area (Å²) in [5.41, 5.74) is 0.441. The van der Waals surface area contributed by atoms with Gasteiger partial charge >= 0.3 is 12.6 Å². The first-order valence-corrected chi connectivity index (χ1v) is 8.93. The van der Waals surface area contributed by atoms with Crippen LogP contribution in [0, 0.1) is 6.92 Å². The second-order valence-electron chi connectivity index (χ2n) is 4.93. The summed E-state index contributed by atoms with van der Waals surface area (Å²) >= 11 is 3.26. The number of aryl methyl sites for hydroxylation is 1. The number of fused-ring (bicyclic) bond motifs is 1. The quantitative estimate of drug-likeness (QED) is 0.768. The summed E-state index contributed by atoms with van der Waals surface area (Å²) in [7, 11) is -3.76. The minimum atomic E-state index is -3.76. The molecule has 0 amide bonds. The van der Waals surface area contributed by atoms with Crippen molar-refractivity contribution in [3.8, 4) is 11.5 Å². The number of benzene rings is 2. The minimum absolute atomic E-state index is 0.0446. The first-order chi connectivity index (χ1) is 11.3. The van der Waals surface area contributed by atoms with Gasteiger partial charge in [-0.3, -0.25) is 0 Å². The maximum atomic E-state index is 12.8. The third kappa shape index (κ3) is 3.04. The molecule has 0 bridgehead atoms. The largest absolute Gasteiger partial charge is 0.511 e. The minimum Gasteiger partial charge on any atom is -0.450 e. The molecule has 1 N–H and O–H groups in total. The summed E-state index contributed by atoms with van der Waals surface area (Å²) < 4.78 is 41.0. The normalized spacial score (nSPS) is 16.0. The molecule has 1 aliphatic rings. The van der Waals surface area contributed by atoms with Gasteiger partial charge in [0.1, 0.15) is 0 Å². The highest BCUT2D eigenvalue weighted by atomic mass is 79.9. The molecule has 2 aromatic rings. The molecule has 3 rings (SSSR count). The number of hydrogen-bond acceptors (Lipinski definition) is 6. The fourth-order valence-corrected chi connectivity index (χ4v) is 3.98. The lowest BCUT2D eigenvalue weighted by atomic mass is 10.2. The Kier molecular flexibility index (Phi) is 4.14. The Morgan fingerprint density at radius 3 is 2.33 bits per heavy atom. The third-order valence-corrected chi connectivity index (χ3v) is 5.74. The highest BCUT2D eigenvalue weighted by Gasteiger charge is 2.31. The van der Waals surface area contributed by atoms with Crippen LogP contribution in [0.25, 0.3) is 0 Å². The van der Waals surface area contributed by atoms with Gasteiger partial charge in [-0.25, -0.2) is 13.2 Å². The number of carbonyl (C=O) groups is 1. The fraction of sp³-hybridized carbons (Fsp3) is 0.133. The Morgan fingerprint density at radius 1 is 1.17 bits per heavy atom. The van der Waals surface area contributed by atoms with Crippen LogP contribution in [0.15, 0.2) is 50.7 Å². The van der Waals surface area contributed by atoms with Crippen LogP contribution >= 0.6 is 15.9 Å². The third-order valence-electron chi connectivity index (χ3n) is 3.30. The summed E-state index contributed by atoms with van der Waals surface area (Å²) in [5, 5.41) is 8.58. The van der Waals surface area contributed by atoms with E-state index in [1.165, 1.54) is 24.3 Å². The second-order valence-corrected chi connectivity index (χ2v) is 7.76. The van der Waals surface area contributed by atoms with Crippen molar-refractivity contribution >= 4 is 31.9 Å². The van der Waals surface area contributed by atoms with Crippen molar-refractivity contribution in [1.29, 1.82) is 0 Å². The molecule has 1 unspecified atom stereocenters. The van der Waals surface area contributed by atoms with Crippen molar-refractivity contribution in [2.45, 2.75) is 23.2 Å². The average Bonchev–Trinajstić information content (AvgIpc) is 2.86. The second kappa shape index (κ2) is 5.99. The van der Waals surface area contributed by atoms with Crippen molar-refractivity contribution in [1.82, 2.24) is 0 Å². The maximum absolute atomic E-state index is 12.8. The standard InChI is InChI=1S/C15H11BrO7S/c1-8-6-11-12(22-15(21-11)23-14(17)18)7-13(8)24(19,20)10-4-2-9(16)3-5-10/h2-7,15H,1H3,(H,17,18). The molecule has 0 saturated carbocycles. The van der Waals surface area contributed by atoms with Crippen molar-refractivity contribution in [2.75, 3.05) is 0 Å². The molecular formula is C15H11BrO7S. The number of hydrogen-bond donors (Lipinski definition) is 1. The first kappa shape index (κ1) is 16.6. The molecule has 9 heteroatoms. The van der Waals surface area contributed by atoms with Gasteiger partial charge in [-0.15, -0.1) is 0 Å². The van der Waals surface area contributed by atoms with E-state index in [1.807, 2.05) is 0 Å². The van der Waals surface area contributed by atoms with E-state index in [0.717, 1.165) is 4.47 Å². The predicted octanol–water partition coefficient (Wildman–Crippen LogP) is 3.34. The lowest BCUT2D eigenvalue weighted by Gasteiger charge is -2.09. The molecule has 126 valence electrons. The maximum Gasteiger partial charge on any atom is 0.511 e. The zero-order valence-corrected chi connectivity index (χ0v) is 14.6. The average molecular weight is 415 g/mol. The topological polar surface area (TPSA) is 99.1 Å². The molecule has 2 aromatic carbocycles. The van der Waals surface area contributed by atoms with Crippen LogP contribution in [0.5, 0.6) is 11.5 Å². The Balaban J connectivity index is 1.99. The summed E-state index contributed by atoms with van der Waals surface area (Å²) in [4.78, 5) is 10.7. The number of ether oxygens (including phenoxy) is 3. The van der Waals surface area contributed by atoms with Gasteiger partial charge < -0.3 is 19.3 Å². The van der Waals surface area contributed by atoms with Gasteiger partial charge in [0.05, 0.1) is 9.79 Å². The molecule has 0 radical (unpaired) electrons. The summed E-state index contributed by atoms with van der Waals surface area (Å²) in [5.74, 6) is 0.316. The number of halogens is 1. The molecule has 1 atom stereocenters. The van der Waals surface area contributed by atoms with Gasteiger partial charge in [-0.2, -0.15) is 0 Å². The monoisotopic (exact) mass is 414 g/mol. The van der Waals surface area contributed by atoms with Gasteiger partial charge in [0.15, 0.2) is 11.5 Å². The zero-order valence-electron chi connectivity index (χ0n) is 12.2. The van der Waals surface area contributed by atoms with Crippen molar-refractivity contribution in [3.05, 3.63) is 46.4 Å². The smallest absolute Gasteiger partial charge is 0.450 e. The molecule has 1 aliphatic heterocycles. The Labute approximate surface area is 145 Å².